The molecule has 1 saturated heterocycles. The van der Waals surface area contributed by atoms with Crippen LogP contribution < -0.4 is 11.2 Å². The summed E-state index contributed by atoms with van der Waals surface area (Å²) in [5.74, 6) is 0.491. The third-order valence-corrected chi connectivity index (χ3v) is 7.95. The maximum Gasteiger partial charge on any atom is 0.336 e. The summed E-state index contributed by atoms with van der Waals surface area (Å²) in [5, 5.41) is 2.61. The Labute approximate surface area is 204 Å². The van der Waals surface area contributed by atoms with Gasteiger partial charge in [-0.15, -0.1) is 0 Å². The predicted octanol–water partition coefficient (Wildman–Crippen LogP) is 5.12. The highest BCUT2D eigenvalue weighted by atomic mass is 35.5. The SMILES string of the molecule is O=c1cc(CSc2nc3cc(Cl)ccc3c(=O)n2CC2CCCO2)c2cc3c(cc2o1)CCC3. The van der Waals surface area contributed by atoms with Gasteiger partial charge in [-0.3, -0.25) is 9.36 Å². The molecule has 8 heteroatoms. The Morgan fingerprint density at radius 2 is 1.91 bits per heavy atom. The van der Waals surface area contributed by atoms with Crippen molar-refractivity contribution >= 4 is 45.2 Å². The maximum atomic E-state index is 13.4. The third kappa shape index (κ3) is 4.06. The minimum Gasteiger partial charge on any atom is -0.423 e. The van der Waals surface area contributed by atoms with Crippen LogP contribution in [0.4, 0.5) is 0 Å². The van der Waals surface area contributed by atoms with E-state index in [1.54, 1.807) is 28.8 Å². The normalized spacial score (nSPS) is 17.6. The van der Waals surface area contributed by atoms with Gasteiger partial charge in [0.05, 0.1) is 23.6 Å². The first-order valence-electron chi connectivity index (χ1n) is 11.6. The molecule has 2 aromatic carbocycles. The first-order chi connectivity index (χ1) is 16.5. The van der Waals surface area contributed by atoms with Crippen molar-refractivity contribution in [3.63, 3.8) is 0 Å². The summed E-state index contributed by atoms with van der Waals surface area (Å²) in [6.45, 7) is 1.17. The number of benzene rings is 2. The Hall–Kier alpha value is -2.61. The van der Waals surface area contributed by atoms with E-state index < -0.39 is 0 Å². The molecular formula is C26H23ClN2O4S. The number of halogens is 1. The smallest absolute Gasteiger partial charge is 0.336 e. The highest BCUT2D eigenvalue weighted by Crippen LogP contribution is 2.31. The summed E-state index contributed by atoms with van der Waals surface area (Å²) in [6, 6.07) is 10.9. The topological polar surface area (TPSA) is 74.3 Å². The molecule has 3 heterocycles. The van der Waals surface area contributed by atoms with Crippen LogP contribution in [0.25, 0.3) is 21.9 Å². The number of thioether (sulfide) groups is 1. The molecule has 0 spiro atoms. The fourth-order valence-corrected chi connectivity index (χ4v) is 6.16. The van der Waals surface area contributed by atoms with Gasteiger partial charge in [0.1, 0.15) is 5.58 Å². The molecule has 1 unspecified atom stereocenters. The van der Waals surface area contributed by atoms with Crippen LogP contribution in [0.15, 0.2) is 55.6 Å². The van der Waals surface area contributed by atoms with Gasteiger partial charge in [0, 0.05) is 28.8 Å². The lowest BCUT2D eigenvalue weighted by Crippen LogP contribution is -2.28. The van der Waals surface area contributed by atoms with Crippen molar-refractivity contribution in [2.75, 3.05) is 6.61 Å². The second-order valence-electron chi connectivity index (χ2n) is 8.96. The summed E-state index contributed by atoms with van der Waals surface area (Å²) in [4.78, 5) is 30.5. The van der Waals surface area contributed by atoms with Gasteiger partial charge in [-0.2, -0.15) is 0 Å². The highest BCUT2D eigenvalue weighted by Gasteiger charge is 2.21. The van der Waals surface area contributed by atoms with Crippen LogP contribution in [-0.4, -0.2) is 22.3 Å². The van der Waals surface area contributed by atoms with Crippen molar-refractivity contribution < 1.29 is 9.15 Å². The molecule has 0 bridgehead atoms. The lowest BCUT2D eigenvalue weighted by molar-refractivity contribution is 0.0937. The molecule has 1 fully saturated rings. The Morgan fingerprint density at radius 1 is 1.06 bits per heavy atom. The first-order valence-corrected chi connectivity index (χ1v) is 12.9. The average Bonchev–Trinajstić information content (AvgIpc) is 3.49. The molecule has 0 saturated carbocycles. The number of aryl methyl sites for hydroxylation is 2. The molecule has 1 aliphatic carbocycles. The van der Waals surface area contributed by atoms with Gasteiger partial charge in [-0.05, 0) is 79.1 Å². The minimum atomic E-state index is -0.365. The number of fused-ring (bicyclic) bond motifs is 3. The third-order valence-electron chi connectivity index (χ3n) is 6.69. The molecule has 1 aliphatic heterocycles. The molecule has 2 aliphatic rings. The van der Waals surface area contributed by atoms with Crippen LogP contribution >= 0.6 is 23.4 Å². The van der Waals surface area contributed by atoms with E-state index in [9.17, 15) is 9.59 Å². The van der Waals surface area contributed by atoms with Crippen molar-refractivity contribution in [3.05, 3.63) is 78.9 Å². The number of rotatable bonds is 5. The van der Waals surface area contributed by atoms with Gasteiger partial charge in [0.2, 0.25) is 0 Å². The van der Waals surface area contributed by atoms with Crippen LogP contribution in [0, 0.1) is 0 Å². The summed E-state index contributed by atoms with van der Waals surface area (Å²) in [7, 11) is 0. The van der Waals surface area contributed by atoms with E-state index in [0.717, 1.165) is 43.1 Å². The second-order valence-corrected chi connectivity index (χ2v) is 10.3. The summed E-state index contributed by atoms with van der Waals surface area (Å²) < 4.78 is 13.0. The van der Waals surface area contributed by atoms with Crippen LogP contribution in [-0.2, 0) is 29.9 Å². The number of hydrogen-bond acceptors (Lipinski definition) is 6. The number of aromatic nitrogens is 2. The lowest BCUT2D eigenvalue weighted by atomic mass is 10.0. The summed E-state index contributed by atoms with van der Waals surface area (Å²) in [6.07, 6.45) is 5.10. The molecule has 174 valence electrons. The molecule has 0 radical (unpaired) electrons. The molecule has 0 N–H and O–H groups in total. The molecule has 6 rings (SSSR count). The zero-order valence-electron chi connectivity index (χ0n) is 18.5. The largest absolute Gasteiger partial charge is 0.423 e. The van der Waals surface area contributed by atoms with Gasteiger partial charge in [-0.25, -0.2) is 9.78 Å². The molecule has 6 nitrogen and oxygen atoms in total. The Kier molecular flexibility index (Phi) is 5.71. The average molecular weight is 495 g/mol. The Bertz CT molecular complexity index is 1540. The Morgan fingerprint density at radius 3 is 2.74 bits per heavy atom. The summed E-state index contributed by atoms with van der Waals surface area (Å²) >= 11 is 7.63. The number of nitrogens with zero attached hydrogens (tertiary/aromatic N) is 2. The van der Waals surface area contributed by atoms with E-state index in [4.69, 9.17) is 25.7 Å². The van der Waals surface area contributed by atoms with Gasteiger partial charge < -0.3 is 9.15 Å². The fourth-order valence-electron chi connectivity index (χ4n) is 4.99. The van der Waals surface area contributed by atoms with E-state index in [-0.39, 0.29) is 17.3 Å². The van der Waals surface area contributed by atoms with E-state index in [1.807, 2.05) is 6.07 Å². The highest BCUT2D eigenvalue weighted by molar-refractivity contribution is 7.98. The van der Waals surface area contributed by atoms with Crippen LogP contribution in [0.3, 0.4) is 0 Å². The monoisotopic (exact) mass is 494 g/mol. The minimum absolute atomic E-state index is 0.00390. The number of ether oxygens (including phenoxy) is 1. The maximum absolute atomic E-state index is 13.4. The van der Waals surface area contributed by atoms with Gasteiger partial charge in [0.25, 0.3) is 5.56 Å². The van der Waals surface area contributed by atoms with E-state index >= 15 is 0 Å². The molecule has 1 atom stereocenters. The van der Waals surface area contributed by atoms with Crippen molar-refractivity contribution in [2.24, 2.45) is 0 Å². The van der Waals surface area contributed by atoms with Crippen molar-refractivity contribution in [1.82, 2.24) is 9.55 Å². The lowest BCUT2D eigenvalue weighted by Gasteiger charge is -2.17. The zero-order valence-corrected chi connectivity index (χ0v) is 20.1. The molecule has 2 aromatic heterocycles. The molecular weight excluding hydrogens is 472 g/mol. The summed E-state index contributed by atoms with van der Waals surface area (Å²) in [5.41, 5.74) is 4.19. The van der Waals surface area contributed by atoms with E-state index in [2.05, 4.69) is 6.07 Å². The van der Waals surface area contributed by atoms with Crippen LogP contribution in [0.2, 0.25) is 5.02 Å². The Balaban J connectivity index is 1.41. The van der Waals surface area contributed by atoms with E-state index in [0.29, 0.717) is 45.6 Å². The standard InChI is InChI=1S/C26H23ClN2O4S/c27-18-6-7-20-22(12-18)28-26(29(25(20)31)13-19-5-2-8-32-19)34-14-17-11-24(30)33-23-10-16-4-1-3-15(16)9-21(17)23/h6-7,9-12,19H,1-5,8,13-14H2. The van der Waals surface area contributed by atoms with E-state index in [1.165, 1.54) is 22.9 Å². The number of hydrogen-bond donors (Lipinski definition) is 0. The molecule has 0 amide bonds. The quantitative estimate of drug-likeness (QED) is 0.218. The molecule has 34 heavy (non-hydrogen) atoms. The van der Waals surface area contributed by atoms with Crippen LogP contribution in [0.1, 0.15) is 36.0 Å². The second kappa shape index (κ2) is 8.87. The van der Waals surface area contributed by atoms with Crippen molar-refractivity contribution in [3.8, 4) is 0 Å². The molecule has 4 aromatic rings. The van der Waals surface area contributed by atoms with Crippen LogP contribution in [0.5, 0.6) is 0 Å². The fraction of sp³-hybridized carbons (Fsp3) is 0.346. The first kappa shape index (κ1) is 21.9. The predicted molar refractivity (Wildman–Crippen MR) is 134 cm³/mol. The zero-order chi connectivity index (χ0) is 23.2. The van der Waals surface area contributed by atoms with Gasteiger partial charge in [0.15, 0.2) is 5.16 Å². The van der Waals surface area contributed by atoms with Crippen molar-refractivity contribution in [2.45, 2.75) is 55.7 Å². The van der Waals surface area contributed by atoms with Crippen molar-refractivity contribution in [1.29, 1.82) is 0 Å². The van der Waals surface area contributed by atoms with Gasteiger partial charge in [-0.1, -0.05) is 23.4 Å². The van der Waals surface area contributed by atoms with Gasteiger partial charge >= 0.3 is 5.63 Å².